The molecule has 5 aromatic carbocycles. The number of halogens is 2. The van der Waals surface area contributed by atoms with E-state index < -0.39 is 0 Å². The summed E-state index contributed by atoms with van der Waals surface area (Å²) >= 11 is 12.5. The van der Waals surface area contributed by atoms with Crippen LogP contribution in [0.25, 0.3) is 33.0 Å². The predicted octanol–water partition coefficient (Wildman–Crippen LogP) is 9.18. The summed E-state index contributed by atoms with van der Waals surface area (Å²) in [6, 6.07) is 34.2. The number of benzene rings is 5. The lowest BCUT2D eigenvalue weighted by molar-refractivity contribution is 0.0920. The molecule has 0 aliphatic carbocycles. The highest BCUT2D eigenvalue weighted by atomic mass is 35.5. The number of hydrogen-bond donors (Lipinski definition) is 0. The Labute approximate surface area is 232 Å². The van der Waals surface area contributed by atoms with Gasteiger partial charge in [-0.3, -0.25) is 0 Å². The van der Waals surface area contributed by atoms with Gasteiger partial charge in [-0.15, -0.1) is 0 Å². The highest BCUT2D eigenvalue weighted by molar-refractivity contribution is 6.31. The smallest absolute Gasteiger partial charge is 0.410 e. The van der Waals surface area contributed by atoms with Gasteiger partial charge in [0, 0.05) is 23.1 Å². The Kier molecular flexibility index (Phi) is 6.80. The minimum Gasteiger partial charge on any atom is -0.445 e. The first kappa shape index (κ1) is 24.5. The van der Waals surface area contributed by atoms with Crippen molar-refractivity contribution in [3.05, 3.63) is 130 Å². The molecule has 0 atom stereocenters. The molecular weight excluding hydrogens is 513 g/mol. The van der Waals surface area contributed by atoms with Gasteiger partial charge in [-0.25, -0.2) is 4.79 Å². The average Bonchev–Trinajstić information content (AvgIpc) is 2.96. The van der Waals surface area contributed by atoms with Crippen molar-refractivity contribution in [3.63, 3.8) is 0 Å². The second-order valence-corrected chi connectivity index (χ2v) is 10.4. The van der Waals surface area contributed by atoms with E-state index in [9.17, 15) is 4.79 Å². The lowest BCUT2D eigenvalue weighted by atomic mass is 9.81. The van der Waals surface area contributed by atoms with Gasteiger partial charge in [-0.1, -0.05) is 102 Å². The van der Waals surface area contributed by atoms with Gasteiger partial charge < -0.3 is 9.64 Å². The topological polar surface area (TPSA) is 29.5 Å². The highest BCUT2D eigenvalue weighted by Crippen LogP contribution is 2.44. The molecule has 3 nitrogen and oxygen atoms in total. The molecule has 1 aliphatic heterocycles. The molecule has 0 bridgehead atoms. The van der Waals surface area contributed by atoms with Crippen molar-refractivity contribution in [2.75, 3.05) is 6.54 Å². The lowest BCUT2D eigenvalue weighted by Gasteiger charge is -2.33. The van der Waals surface area contributed by atoms with Gasteiger partial charge in [0.05, 0.1) is 0 Å². The average molecular weight is 538 g/mol. The summed E-state index contributed by atoms with van der Waals surface area (Å²) in [4.78, 5) is 15.0. The van der Waals surface area contributed by atoms with E-state index in [0.29, 0.717) is 23.1 Å². The zero-order valence-electron chi connectivity index (χ0n) is 20.7. The van der Waals surface area contributed by atoms with Crippen molar-refractivity contribution < 1.29 is 9.53 Å². The third kappa shape index (κ3) is 4.76. The standard InChI is InChI=1S/C33H25Cl2NO2/c34-25-14-10-23(11-15-25)31-27-8-4-5-9-28(27)32(24-12-16-26(35)17-13-24)30-20-36(19-18-29(30)31)33(37)38-21-22-6-2-1-3-7-22/h1-17H,18-21H2. The van der Waals surface area contributed by atoms with Crippen LogP contribution in [-0.4, -0.2) is 17.5 Å². The number of hydrogen-bond acceptors (Lipinski definition) is 2. The maximum absolute atomic E-state index is 13.2. The van der Waals surface area contributed by atoms with Crippen molar-refractivity contribution in [1.29, 1.82) is 0 Å². The third-order valence-corrected chi connectivity index (χ3v) is 7.65. The number of nitrogens with zero attached hydrogens (tertiary/aromatic N) is 1. The molecule has 5 heteroatoms. The van der Waals surface area contributed by atoms with Crippen LogP contribution in [0.5, 0.6) is 0 Å². The van der Waals surface area contributed by atoms with Crippen molar-refractivity contribution >= 4 is 40.1 Å². The predicted molar refractivity (Wildman–Crippen MR) is 156 cm³/mol. The summed E-state index contributed by atoms with van der Waals surface area (Å²) in [7, 11) is 0. The van der Waals surface area contributed by atoms with Gasteiger partial charge in [0.2, 0.25) is 0 Å². The molecule has 1 amide bonds. The molecule has 6 rings (SSSR count). The molecule has 1 heterocycles. The number of ether oxygens (including phenoxy) is 1. The zero-order valence-corrected chi connectivity index (χ0v) is 22.2. The number of carbonyl (C=O) groups excluding carboxylic acids is 1. The van der Waals surface area contributed by atoms with Crippen LogP contribution >= 0.6 is 23.2 Å². The van der Waals surface area contributed by atoms with Gasteiger partial charge in [-0.2, -0.15) is 0 Å². The summed E-state index contributed by atoms with van der Waals surface area (Å²) in [6.45, 7) is 1.30. The minimum absolute atomic E-state index is 0.251. The third-order valence-electron chi connectivity index (χ3n) is 7.14. The molecular formula is C33H25Cl2NO2. The van der Waals surface area contributed by atoms with Crippen LogP contribution in [0.4, 0.5) is 4.79 Å². The number of rotatable bonds is 4. The first-order chi connectivity index (χ1) is 18.6. The van der Waals surface area contributed by atoms with E-state index in [1.54, 1.807) is 0 Å². The molecule has 0 unspecified atom stereocenters. The van der Waals surface area contributed by atoms with Crippen LogP contribution in [0, 0.1) is 0 Å². The quantitative estimate of drug-likeness (QED) is 0.228. The molecule has 0 N–H and O–H groups in total. The van der Waals surface area contributed by atoms with Crippen LogP contribution in [0.1, 0.15) is 16.7 Å². The van der Waals surface area contributed by atoms with E-state index in [1.807, 2.05) is 59.5 Å². The van der Waals surface area contributed by atoms with Crippen molar-refractivity contribution in [2.24, 2.45) is 0 Å². The molecule has 0 radical (unpaired) electrons. The molecule has 0 spiro atoms. The molecule has 0 saturated heterocycles. The molecule has 188 valence electrons. The molecule has 5 aromatic rings. The van der Waals surface area contributed by atoms with E-state index in [0.717, 1.165) is 39.6 Å². The largest absolute Gasteiger partial charge is 0.445 e. The van der Waals surface area contributed by atoms with Crippen LogP contribution in [0.3, 0.4) is 0 Å². The van der Waals surface area contributed by atoms with E-state index in [2.05, 4.69) is 48.5 Å². The Hall–Kier alpha value is -3.79. The van der Waals surface area contributed by atoms with Crippen LogP contribution in [0.2, 0.25) is 10.0 Å². The molecule has 1 aliphatic rings. The summed E-state index contributed by atoms with van der Waals surface area (Å²) in [5.74, 6) is 0. The summed E-state index contributed by atoms with van der Waals surface area (Å²) in [5.41, 5.74) is 7.87. The second-order valence-electron chi connectivity index (χ2n) is 9.48. The SMILES string of the molecule is O=C(OCc1ccccc1)N1CCc2c(c(-c3ccc(Cl)cc3)c3ccccc3c2-c2ccc(Cl)cc2)C1. The van der Waals surface area contributed by atoms with E-state index in [4.69, 9.17) is 27.9 Å². The maximum atomic E-state index is 13.2. The van der Waals surface area contributed by atoms with Crippen LogP contribution < -0.4 is 0 Å². The van der Waals surface area contributed by atoms with E-state index in [1.165, 1.54) is 16.5 Å². The van der Waals surface area contributed by atoms with Gasteiger partial charge in [0.15, 0.2) is 0 Å². The fraction of sp³-hybridized carbons (Fsp3) is 0.121. The molecule has 38 heavy (non-hydrogen) atoms. The number of carbonyl (C=O) groups is 1. The lowest BCUT2D eigenvalue weighted by Crippen LogP contribution is -2.37. The van der Waals surface area contributed by atoms with Crippen molar-refractivity contribution in [3.8, 4) is 22.3 Å². The fourth-order valence-corrected chi connectivity index (χ4v) is 5.62. The van der Waals surface area contributed by atoms with Crippen molar-refractivity contribution in [2.45, 2.75) is 19.6 Å². The summed E-state index contributed by atoms with van der Waals surface area (Å²) < 4.78 is 5.71. The second kappa shape index (κ2) is 10.5. The summed E-state index contributed by atoms with van der Waals surface area (Å²) in [6.07, 6.45) is 0.418. The Morgan fingerprint density at radius 3 is 1.79 bits per heavy atom. The minimum atomic E-state index is -0.303. The number of fused-ring (bicyclic) bond motifs is 2. The highest BCUT2D eigenvalue weighted by Gasteiger charge is 2.29. The molecule has 0 aromatic heterocycles. The Balaban J connectivity index is 1.48. The zero-order chi connectivity index (χ0) is 26.1. The summed E-state index contributed by atoms with van der Waals surface area (Å²) in [5, 5.41) is 3.71. The maximum Gasteiger partial charge on any atom is 0.410 e. The first-order valence-electron chi connectivity index (χ1n) is 12.6. The van der Waals surface area contributed by atoms with Gasteiger partial charge >= 0.3 is 6.09 Å². The number of amides is 1. The van der Waals surface area contributed by atoms with Crippen LogP contribution in [0.15, 0.2) is 103 Å². The van der Waals surface area contributed by atoms with E-state index in [-0.39, 0.29) is 12.7 Å². The Morgan fingerprint density at radius 1 is 0.684 bits per heavy atom. The van der Waals surface area contributed by atoms with Crippen LogP contribution in [-0.2, 0) is 24.3 Å². The van der Waals surface area contributed by atoms with Gasteiger partial charge in [-0.05, 0) is 80.4 Å². The van der Waals surface area contributed by atoms with E-state index >= 15 is 0 Å². The van der Waals surface area contributed by atoms with Crippen molar-refractivity contribution in [1.82, 2.24) is 4.90 Å². The van der Waals surface area contributed by atoms with Gasteiger partial charge in [0.1, 0.15) is 6.61 Å². The Morgan fingerprint density at radius 2 is 1.21 bits per heavy atom. The normalized spacial score (nSPS) is 12.8. The fourth-order valence-electron chi connectivity index (χ4n) is 5.37. The molecule has 0 fully saturated rings. The van der Waals surface area contributed by atoms with Gasteiger partial charge in [0.25, 0.3) is 0 Å². The first-order valence-corrected chi connectivity index (χ1v) is 13.4. The monoisotopic (exact) mass is 537 g/mol. The Bertz CT molecular complexity index is 1610. The molecule has 0 saturated carbocycles.